The third-order valence-electron chi connectivity index (χ3n) is 2.05. The van der Waals surface area contributed by atoms with Crippen LogP contribution >= 0.6 is 11.6 Å². The Morgan fingerprint density at radius 3 is 2.56 bits per heavy atom. The molecule has 100 valence electrons. The average Bonchev–Trinajstić information content (AvgIpc) is 2.18. The molecule has 0 radical (unpaired) electrons. The van der Waals surface area contributed by atoms with Gasteiger partial charge < -0.3 is 5.11 Å². The molecule has 0 bridgehead atoms. The fourth-order valence-electron chi connectivity index (χ4n) is 1.44. The van der Waals surface area contributed by atoms with E-state index in [2.05, 4.69) is 4.72 Å². The smallest absolute Gasteiger partial charge is 0.337 e. The molecule has 5 nitrogen and oxygen atoms in total. The Hall–Kier alpha value is -1.27. The number of anilines is 1. The maximum atomic E-state index is 11.8. The lowest BCUT2D eigenvalue weighted by atomic mass is 10.2. The molecule has 0 unspecified atom stereocenters. The Balaban J connectivity index is 3.15. The number of carboxylic acid groups (broad SMARTS) is 1. The van der Waals surface area contributed by atoms with E-state index in [-0.39, 0.29) is 27.9 Å². The highest BCUT2D eigenvalue weighted by Crippen LogP contribution is 2.27. The van der Waals surface area contributed by atoms with Crippen LogP contribution in [0.3, 0.4) is 0 Å². The van der Waals surface area contributed by atoms with Gasteiger partial charge in [0.25, 0.3) is 0 Å². The lowest BCUT2D eigenvalue weighted by Gasteiger charge is -2.13. The number of rotatable bonds is 5. The molecule has 0 atom stereocenters. The number of sulfonamides is 1. The summed E-state index contributed by atoms with van der Waals surface area (Å²) >= 11 is 5.83. The van der Waals surface area contributed by atoms with Crippen LogP contribution in [0.4, 0.5) is 5.69 Å². The molecule has 0 heterocycles. The Morgan fingerprint density at radius 1 is 1.44 bits per heavy atom. The summed E-state index contributed by atoms with van der Waals surface area (Å²) < 4.78 is 25.8. The van der Waals surface area contributed by atoms with E-state index >= 15 is 0 Å². The van der Waals surface area contributed by atoms with Gasteiger partial charge in [0.2, 0.25) is 10.0 Å². The molecule has 0 spiro atoms. The number of para-hydroxylation sites is 1. The lowest BCUT2D eigenvalue weighted by Crippen LogP contribution is -2.21. The molecule has 0 amide bonds. The molecule has 0 saturated heterocycles. The molecule has 2 N–H and O–H groups in total. The molecule has 0 fully saturated rings. The molecule has 18 heavy (non-hydrogen) atoms. The molecular formula is C11H14ClNO4S. The molecule has 7 heteroatoms. The minimum atomic E-state index is -3.61. The van der Waals surface area contributed by atoms with Crippen molar-refractivity contribution in [1.82, 2.24) is 0 Å². The van der Waals surface area contributed by atoms with Crippen molar-refractivity contribution in [3.63, 3.8) is 0 Å². The zero-order chi connectivity index (χ0) is 13.9. The first-order chi connectivity index (χ1) is 8.23. The molecule has 0 aromatic heterocycles. The number of benzene rings is 1. The summed E-state index contributed by atoms with van der Waals surface area (Å²) in [4.78, 5) is 11.0. The van der Waals surface area contributed by atoms with Gasteiger partial charge in [-0.1, -0.05) is 31.5 Å². The van der Waals surface area contributed by atoms with Crippen LogP contribution in [-0.2, 0) is 10.0 Å². The van der Waals surface area contributed by atoms with E-state index in [1.54, 1.807) is 13.8 Å². The third-order valence-corrected chi connectivity index (χ3v) is 3.99. The first kappa shape index (κ1) is 14.8. The Bertz CT molecular complexity index is 554. The third kappa shape index (κ3) is 3.89. The minimum Gasteiger partial charge on any atom is -0.478 e. The van der Waals surface area contributed by atoms with Gasteiger partial charge in [0, 0.05) is 0 Å². The molecule has 1 aromatic carbocycles. The van der Waals surface area contributed by atoms with E-state index in [4.69, 9.17) is 16.7 Å². The van der Waals surface area contributed by atoms with E-state index in [1.807, 2.05) is 0 Å². The summed E-state index contributed by atoms with van der Waals surface area (Å²) in [5, 5.41) is 9.03. The van der Waals surface area contributed by atoms with E-state index in [1.165, 1.54) is 18.2 Å². The Kier molecular flexibility index (Phi) is 4.59. The largest absolute Gasteiger partial charge is 0.478 e. The standard InChI is InChI=1S/C11H14ClNO4S/c1-7(2)6-18(16,17)13-10-8(11(14)15)4-3-5-9(10)12/h3-5,7,13H,6H2,1-2H3,(H,14,15). The quantitative estimate of drug-likeness (QED) is 0.873. The van der Waals surface area contributed by atoms with Crippen LogP contribution in [0.5, 0.6) is 0 Å². The fraction of sp³-hybridized carbons (Fsp3) is 0.364. The molecule has 0 saturated carbocycles. The van der Waals surface area contributed by atoms with Crippen molar-refractivity contribution in [1.29, 1.82) is 0 Å². The molecule has 0 aliphatic heterocycles. The molecule has 1 rings (SSSR count). The van der Waals surface area contributed by atoms with Gasteiger partial charge in [-0.25, -0.2) is 13.2 Å². The highest BCUT2D eigenvalue weighted by Gasteiger charge is 2.19. The zero-order valence-corrected chi connectivity index (χ0v) is 11.5. The topological polar surface area (TPSA) is 83.5 Å². The van der Waals surface area contributed by atoms with Gasteiger partial charge in [-0.2, -0.15) is 0 Å². The summed E-state index contributed by atoms with van der Waals surface area (Å²) in [6.45, 7) is 3.51. The van der Waals surface area contributed by atoms with E-state index in [0.29, 0.717) is 0 Å². The van der Waals surface area contributed by atoms with Crippen LogP contribution in [-0.4, -0.2) is 25.2 Å². The van der Waals surface area contributed by atoms with Gasteiger partial charge in [-0.3, -0.25) is 4.72 Å². The number of hydrogen-bond acceptors (Lipinski definition) is 3. The average molecular weight is 292 g/mol. The number of nitrogens with one attached hydrogen (secondary N) is 1. The van der Waals surface area contributed by atoms with Crippen molar-refractivity contribution < 1.29 is 18.3 Å². The Labute approximate surface area is 111 Å². The monoisotopic (exact) mass is 291 g/mol. The molecular weight excluding hydrogens is 278 g/mol. The second kappa shape index (κ2) is 5.58. The number of carboxylic acids is 1. The van der Waals surface area contributed by atoms with Crippen molar-refractivity contribution in [2.24, 2.45) is 5.92 Å². The predicted octanol–water partition coefficient (Wildman–Crippen LogP) is 2.44. The first-order valence-corrected chi connectivity index (χ1v) is 7.28. The molecule has 1 aromatic rings. The van der Waals surface area contributed by atoms with Crippen molar-refractivity contribution >= 4 is 33.3 Å². The van der Waals surface area contributed by atoms with Gasteiger partial charge in [0.05, 0.1) is 22.0 Å². The summed E-state index contributed by atoms with van der Waals surface area (Å²) in [5.41, 5.74) is -0.262. The van der Waals surface area contributed by atoms with Crippen LogP contribution in [0, 0.1) is 5.92 Å². The van der Waals surface area contributed by atoms with Crippen molar-refractivity contribution in [2.75, 3.05) is 10.5 Å². The number of halogens is 1. The van der Waals surface area contributed by atoms with E-state index < -0.39 is 16.0 Å². The highest BCUT2D eigenvalue weighted by atomic mass is 35.5. The number of aromatic carboxylic acids is 1. The SMILES string of the molecule is CC(C)CS(=O)(=O)Nc1c(Cl)cccc1C(=O)O. The van der Waals surface area contributed by atoms with E-state index in [0.717, 1.165) is 0 Å². The van der Waals surface area contributed by atoms with Crippen molar-refractivity contribution in [3.8, 4) is 0 Å². The van der Waals surface area contributed by atoms with Crippen molar-refractivity contribution in [3.05, 3.63) is 28.8 Å². The first-order valence-electron chi connectivity index (χ1n) is 5.25. The number of hydrogen-bond donors (Lipinski definition) is 2. The summed E-state index contributed by atoms with van der Waals surface area (Å²) in [6.07, 6.45) is 0. The second-order valence-electron chi connectivity index (χ2n) is 4.24. The van der Waals surface area contributed by atoms with Gasteiger partial charge in [-0.15, -0.1) is 0 Å². The maximum Gasteiger partial charge on any atom is 0.337 e. The summed E-state index contributed by atoms with van der Waals surface area (Å²) in [7, 11) is -3.61. The second-order valence-corrected chi connectivity index (χ2v) is 6.42. The zero-order valence-electron chi connectivity index (χ0n) is 9.97. The van der Waals surface area contributed by atoms with Crippen molar-refractivity contribution in [2.45, 2.75) is 13.8 Å². The van der Waals surface area contributed by atoms with Gasteiger partial charge in [0.1, 0.15) is 0 Å². The number of carbonyl (C=O) groups is 1. The van der Waals surface area contributed by atoms with Crippen LogP contribution in [0.2, 0.25) is 5.02 Å². The molecule has 0 aliphatic carbocycles. The summed E-state index contributed by atoms with van der Waals surface area (Å²) in [6, 6.07) is 4.18. The van der Waals surface area contributed by atoms with Crippen LogP contribution in [0.1, 0.15) is 24.2 Å². The van der Waals surface area contributed by atoms with Crippen LogP contribution < -0.4 is 4.72 Å². The van der Waals surface area contributed by atoms with Crippen LogP contribution in [0.15, 0.2) is 18.2 Å². The van der Waals surface area contributed by atoms with Gasteiger partial charge in [0.15, 0.2) is 0 Å². The normalized spacial score (nSPS) is 11.6. The van der Waals surface area contributed by atoms with Gasteiger partial charge >= 0.3 is 5.97 Å². The van der Waals surface area contributed by atoms with Gasteiger partial charge in [-0.05, 0) is 18.1 Å². The maximum absolute atomic E-state index is 11.8. The Morgan fingerprint density at radius 2 is 2.06 bits per heavy atom. The van der Waals surface area contributed by atoms with E-state index in [9.17, 15) is 13.2 Å². The fourth-order valence-corrected chi connectivity index (χ4v) is 3.21. The lowest BCUT2D eigenvalue weighted by molar-refractivity contribution is 0.0698. The summed E-state index contributed by atoms with van der Waals surface area (Å²) in [5.74, 6) is -1.41. The minimum absolute atomic E-state index is 0.0576. The molecule has 0 aliphatic rings. The van der Waals surface area contributed by atoms with Crippen LogP contribution in [0.25, 0.3) is 0 Å². The predicted molar refractivity (Wildman–Crippen MR) is 70.7 cm³/mol. The highest BCUT2D eigenvalue weighted by molar-refractivity contribution is 7.92.